The van der Waals surface area contributed by atoms with Crippen LogP contribution < -0.4 is 5.73 Å². The lowest BCUT2D eigenvalue weighted by Crippen LogP contribution is -1.92. The molecule has 1 aromatic carbocycles. The second-order valence-corrected chi connectivity index (χ2v) is 4.79. The van der Waals surface area contributed by atoms with Crippen LogP contribution in [0.2, 0.25) is 0 Å². The average Bonchev–Trinajstić information content (AvgIpc) is 2.87. The average molecular weight is 284 g/mol. The Morgan fingerprint density at radius 1 is 1.05 bits per heavy atom. The summed E-state index contributed by atoms with van der Waals surface area (Å²) in [6.45, 7) is 3.80. The number of nitrogen functional groups attached to an aromatic ring is 1. The van der Waals surface area contributed by atoms with E-state index in [0.29, 0.717) is 11.4 Å². The molecule has 0 unspecified atom stereocenters. The van der Waals surface area contributed by atoms with Crippen molar-refractivity contribution in [2.45, 2.75) is 13.8 Å². The van der Waals surface area contributed by atoms with Crippen LogP contribution >= 0.6 is 0 Å². The Hall–Kier alpha value is -2.76. The molecule has 3 rings (SSSR count). The summed E-state index contributed by atoms with van der Waals surface area (Å²) in [5.41, 5.74) is 9.10. The van der Waals surface area contributed by atoms with E-state index < -0.39 is 5.82 Å². The normalized spacial score (nSPS) is 10.8. The molecule has 0 atom stereocenters. The molecular formula is C15H13FN4O. The van der Waals surface area contributed by atoms with Crippen molar-refractivity contribution in [1.82, 2.24) is 15.1 Å². The molecular weight excluding hydrogens is 271 g/mol. The van der Waals surface area contributed by atoms with Crippen LogP contribution in [0.4, 0.5) is 10.1 Å². The second kappa shape index (κ2) is 4.97. The van der Waals surface area contributed by atoms with Crippen LogP contribution in [-0.4, -0.2) is 15.1 Å². The van der Waals surface area contributed by atoms with Gasteiger partial charge in [0.1, 0.15) is 5.82 Å². The smallest absolute Gasteiger partial charge is 0.260 e. The summed E-state index contributed by atoms with van der Waals surface area (Å²) in [6, 6.07) is 7.78. The number of benzene rings is 1. The van der Waals surface area contributed by atoms with Gasteiger partial charge in [0.25, 0.3) is 5.89 Å². The number of rotatable bonds is 2. The van der Waals surface area contributed by atoms with Gasteiger partial charge < -0.3 is 10.3 Å². The molecule has 0 saturated carbocycles. The van der Waals surface area contributed by atoms with Gasteiger partial charge in [-0.3, -0.25) is 4.98 Å². The minimum atomic E-state index is -0.406. The Morgan fingerprint density at radius 2 is 1.76 bits per heavy atom. The van der Waals surface area contributed by atoms with Crippen molar-refractivity contribution in [1.29, 1.82) is 0 Å². The Bertz CT molecular complexity index is 793. The lowest BCUT2D eigenvalue weighted by atomic mass is 10.1. The van der Waals surface area contributed by atoms with Gasteiger partial charge in [0, 0.05) is 22.6 Å². The number of anilines is 1. The van der Waals surface area contributed by atoms with Crippen molar-refractivity contribution < 1.29 is 8.91 Å². The summed E-state index contributed by atoms with van der Waals surface area (Å²) in [5, 5.41) is 3.95. The first-order valence-corrected chi connectivity index (χ1v) is 6.38. The molecule has 106 valence electrons. The molecule has 21 heavy (non-hydrogen) atoms. The van der Waals surface area contributed by atoms with Crippen LogP contribution in [0.5, 0.6) is 0 Å². The number of pyridine rings is 1. The number of hydrogen-bond acceptors (Lipinski definition) is 5. The number of halogens is 1. The van der Waals surface area contributed by atoms with E-state index in [0.717, 1.165) is 17.0 Å². The molecule has 0 saturated heterocycles. The van der Waals surface area contributed by atoms with Crippen molar-refractivity contribution in [2.24, 2.45) is 0 Å². The summed E-state index contributed by atoms with van der Waals surface area (Å²) in [5.74, 6) is 0.299. The third-order valence-electron chi connectivity index (χ3n) is 3.01. The number of aryl methyl sites for hydroxylation is 2. The molecule has 0 aliphatic rings. The summed E-state index contributed by atoms with van der Waals surface area (Å²) >= 11 is 0. The standard InChI is InChI=1S/C15H13FN4O/c1-8-5-10(6-9(2)18-8)14-19-15(21-20-14)12-4-3-11(16)7-13(12)17/h3-7H,17H2,1-2H3. The second-order valence-electron chi connectivity index (χ2n) is 4.79. The first-order chi connectivity index (χ1) is 10.0. The summed E-state index contributed by atoms with van der Waals surface area (Å²) in [7, 11) is 0. The first kappa shape index (κ1) is 13.2. The van der Waals surface area contributed by atoms with Crippen molar-refractivity contribution in [3.63, 3.8) is 0 Å². The van der Waals surface area contributed by atoms with E-state index in [4.69, 9.17) is 10.3 Å². The third-order valence-corrected chi connectivity index (χ3v) is 3.01. The predicted molar refractivity (Wildman–Crippen MR) is 76.8 cm³/mol. The fraction of sp³-hybridized carbons (Fsp3) is 0.133. The van der Waals surface area contributed by atoms with Crippen LogP contribution in [0.3, 0.4) is 0 Å². The molecule has 0 bridgehead atoms. The quantitative estimate of drug-likeness (QED) is 0.731. The lowest BCUT2D eigenvalue weighted by Gasteiger charge is -2.00. The number of hydrogen-bond donors (Lipinski definition) is 1. The van der Waals surface area contributed by atoms with Gasteiger partial charge in [-0.15, -0.1) is 0 Å². The molecule has 2 heterocycles. The van der Waals surface area contributed by atoms with E-state index in [9.17, 15) is 4.39 Å². The fourth-order valence-corrected chi connectivity index (χ4v) is 2.14. The van der Waals surface area contributed by atoms with Crippen LogP contribution in [0, 0.1) is 19.7 Å². The number of aromatic nitrogens is 3. The molecule has 0 spiro atoms. The fourth-order valence-electron chi connectivity index (χ4n) is 2.14. The first-order valence-electron chi connectivity index (χ1n) is 6.38. The molecule has 3 aromatic rings. The SMILES string of the molecule is Cc1cc(-c2noc(-c3ccc(F)cc3N)n2)cc(C)n1. The van der Waals surface area contributed by atoms with Crippen molar-refractivity contribution in [3.05, 3.63) is 47.5 Å². The Kier molecular flexibility index (Phi) is 3.13. The summed E-state index contributed by atoms with van der Waals surface area (Å²) in [4.78, 5) is 8.62. The topological polar surface area (TPSA) is 77.8 Å². The highest BCUT2D eigenvalue weighted by Crippen LogP contribution is 2.27. The van der Waals surface area contributed by atoms with Crippen LogP contribution in [0.15, 0.2) is 34.9 Å². The predicted octanol–water partition coefficient (Wildman–Crippen LogP) is 3.14. The van der Waals surface area contributed by atoms with Gasteiger partial charge in [-0.2, -0.15) is 4.98 Å². The largest absolute Gasteiger partial charge is 0.398 e. The molecule has 0 amide bonds. The third kappa shape index (κ3) is 2.60. The molecule has 6 heteroatoms. The van der Waals surface area contributed by atoms with Crippen molar-refractivity contribution in [3.8, 4) is 22.8 Å². The van der Waals surface area contributed by atoms with E-state index in [-0.39, 0.29) is 11.6 Å². The summed E-state index contributed by atoms with van der Waals surface area (Å²) < 4.78 is 18.3. The monoisotopic (exact) mass is 284 g/mol. The lowest BCUT2D eigenvalue weighted by molar-refractivity contribution is 0.432. The van der Waals surface area contributed by atoms with Gasteiger partial charge in [0.15, 0.2) is 0 Å². The van der Waals surface area contributed by atoms with Gasteiger partial charge >= 0.3 is 0 Å². The van der Waals surface area contributed by atoms with Crippen molar-refractivity contribution >= 4 is 5.69 Å². The van der Waals surface area contributed by atoms with Gasteiger partial charge in [-0.25, -0.2) is 4.39 Å². The Morgan fingerprint density at radius 3 is 2.43 bits per heavy atom. The minimum Gasteiger partial charge on any atom is -0.398 e. The molecule has 2 N–H and O–H groups in total. The van der Waals surface area contributed by atoms with E-state index in [2.05, 4.69) is 15.1 Å². The van der Waals surface area contributed by atoms with Crippen LogP contribution in [0.1, 0.15) is 11.4 Å². The van der Waals surface area contributed by atoms with Crippen LogP contribution in [0.25, 0.3) is 22.8 Å². The zero-order valence-electron chi connectivity index (χ0n) is 11.6. The molecule has 0 fully saturated rings. The van der Waals surface area contributed by atoms with Gasteiger partial charge in [-0.05, 0) is 44.2 Å². The maximum Gasteiger partial charge on any atom is 0.260 e. The maximum atomic E-state index is 13.1. The van der Waals surface area contributed by atoms with Gasteiger partial charge in [-0.1, -0.05) is 5.16 Å². The highest BCUT2D eigenvalue weighted by atomic mass is 19.1. The minimum absolute atomic E-state index is 0.257. The molecule has 0 aliphatic heterocycles. The Balaban J connectivity index is 2.03. The zero-order chi connectivity index (χ0) is 15.0. The summed E-state index contributed by atoms with van der Waals surface area (Å²) in [6.07, 6.45) is 0. The highest BCUT2D eigenvalue weighted by molar-refractivity contribution is 5.71. The number of nitrogens with zero attached hydrogens (tertiary/aromatic N) is 3. The van der Waals surface area contributed by atoms with E-state index in [1.165, 1.54) is 18.2 Å². The van der Waals surface area contributed by atoms with E-state index in [1.54, 1.807) is 0 Å². The number of nitrogens with two attached hydrogens (primary N) is 1. The Labute approximate surface area is 120 Å². The van der Waals surface area contributed by atoms with E-state index in [1.807, 2.05) is 26.0 Å². The molecule has 0 radical (unpaired) electrons. The van der Waals surface area contributed by atoms with Gasteiger partial charge in [0.05, 0.1) is 5.56 Å². The molecule has 5 nitrogen and oxygen atoms in total. The zero-order valence-corrected chi connectivity index (χ0v) is 11.6. The maximum absolute atomic E-state index is 13.1. The molecule has 2 aromatic heterocycles. The van der Waals surface area contributed by atoms with Crippen LogP contribution in [-0.2, 0) is 0 Å². The van der Waals surface area contributed by atoms with Gasteiger partial charge in [0.2, 0.25) is 5.82 Å². The van der Waals surface area contributed by atoms with Crippen molar-refractivity contribution in [2.75, 3.05) is 5.73 Å². The highest BCUT2D eigenvalue weighted by Gasteiger charge is 2.14. The van der Waals surface area contributed by atoms with E-state index >= 15 is 0 Å². The molecule has 0 aliphatic carbocycles.